The maximum absolute atomic E-state index is 12.4. The summed E-state index contributed by atoms with van der Waals surface area (Å²) in [7, 11) is -4.41. The number of halogens is 6. The SMILES string of the molecule is CN(C)c1ccc(N=NP(F)(F)(F)F)c(OC2CCCCC2)c1.FF. The van der Waals surface area contributed by atoms with Gasteiger partial charge in [-0.25, -0.2) is 0 Å². The monoisotopic (exact) mass is 391 g/mol. The first-order valence-corrected chi connectivity index (χ1v) is 9.31. The minimum absolute atomic E-state index is 0.0585. The van der Waals surface area contributed by atoms with E-state index in [1.165, 1.54) is 6.07 Å². The number of anilines is 1. The molecular formula is C14H20F6N3OP. The normalized spacial score (nSPS) is 17.4. The van der Waals surface area contributed by atoms with E-state index >= 15 is 0 Å². The Kier molecular flexibility index (Phi) is 7.46. The van der Waals surface area contributed by atoms with Crippen molar-refractivity contribution in [1.82, 2.24) is 0 Å². The van der Waals surface area contributed by atoms with E-state index in [-0.39, 0.29) is 17.5 Å². The van der Waals surface area contributed by atoms with Gasteiger partial charge in [-0.2, -0.15) is 0 Å². The van der Waals surface area contributed by atoms with Crippen LogP contribution in [0.15, 0.2) is 28.2 Å². The maximum Gasteiger partial charge on any atom is 0 e. The molecule has 0 saturated heterocycles. The number of benzene rings is 1. The van der Waals surface area contributed by atoms with Gasteiger partial charge in [0, 0.05) is 9.15 Å². The molecule has 1 saturated carbocycles. The second-order valence-corrected chi connectivity index (χ2v) is 7.35. The summed E-state index contributed by atoms with van der Waals surface area (Å²) >= 11 is 0. The number of rotatable bonds is 5. The molecule has 4 nitrogen and oxygen atoms in total. The third-order valence-corrected chi connectivity index (χ3v) is 3.95. The van der Waals surface area contributed by atoms with E-state index in [1.54, 1.807) is 31.1 Å². The topological polar surface area (TPSA) is 37.2 Å². The van der Waals surface area contributed by atoms with E-state index in [2.05, 4.69) is 5.11 Å². The van der Waals surface area contributed by atoms with E-state index in [1.807, 2.05) is 4.88 Å². The van der Waals surface area contributed by atoms with Crippen LogP contribution in [0.4, 0.5) is 37.3 Å². The number of hydrogen-bond donors (Lipinski definition) is 0. The Balaban J connectivity index is 0.00000151. The smallest absolute Gasteiger partial charge is 0 e. The second kappa shape index (κ2) is 8.69. The summed E-state index contributed by atoms with van der Waals surface area (Å²) < 4.78 is 71.3. The van der Waals surface area contributed by atoms with Crippen LogP contribution < -0.4 is 9.64 Å². The zero-order chi connectivity index (χ0) is 19.1. The molecule has 2 rings (SSSR count). The van der Waals surface area contributed by atoms with Crippen LogP contribution in [-0.2, 0) is 0 Å². The predicted octanol–water partition coefficient (Wildman–Crippen LogP) is 7.39. The van der Waals surface area contributed by atoms with Crippen LogP contribution in [0.2, 0.25) is 0 Å². The van der Waals surface area contributed by atoms with Gasteiger partial charge >= 0.3 is 132 Å². The molecule has 1 aromatic rings. The molecule has 0 aliphatic heterocycles. The first-order valence-electron chi connectivity index (χ1n) is 7.55. The molecule has 0 heterocycles. The third-order valence-electron chi connectivity index (χ3n) is 3.59. The molecule has 0 radical (unpaired) electrons. The molecule has 0 bridgehead atoms. The summed E-state index contributed by atoms with van der Waals surface area (Å²) in [5, 5.41) is 3.05. The molecular weight excluding hydrogens is 371 g/mol. The van der Waals surface area contributed by atoms with Crippen molar-refractivity contribution in [3.05, 3.63) is 18.2 Å². The van der Waals surface area contributed by atoms with Gasteiger partial charge in [-0.15, -0.1) is 0 Å². The molecule has 0 N–H and O–H groups in total. The number of nitrogens with zero attached hydrogens (tertiary/aromatic N) is 3. The van der Waals surface area contributed by atoms with Gasteiger partial charge < -0.3 is 0 Å². The Bertz CT molecular complexity index is 578. The van der Waals surface area contributed by atoms with Gasteiger partial charge in [-0.1, -0.05) is 0 Å². The first kappa shape index (κ1) is 21.5. The van der Waals surface area contributed by atoms with Gasteiger partial charge in [-0.05, 0) is 0 Å². The van der Waals surface area contributed by atoms with Crippen molar-refractivity contribution in [2.75, 3.05) is 19.0 Å². The van der Waals surface area contributed by atoms with Crippen LogP contribution in [0.3, 0.4) is 0 Å². The van der Waals surface area contributed by atoms with E-state index in [0.717, 1.165) is 37.8 Å². The fourth-order valence-corrected chi connectivity index (χ4v) is 2.67. The molecule has 0 atom stereocenters. The largest absolute Gasteiger partial charge is 0 e. The number of ether oxygens (including phenoxy) is 1. The Labute approximate surface area is 142 Å². The van der Waals surface area contributed by atoms with Crippen molar-refractivity contribution < 1.29 is 30.7 Å². The van der Waals surface area contributed by atoms with E-state index < -0.39 is 8.00 Å². The summed E-state index contributed by atoms with van der Waals surface area (Å²) in [6, 6.07) is 4.55. The summed E-state index contributed by atoms with van der Waals surface area (Å²) in [6.45, 7) is 0. The zero-order valence-electron chi connectivity index (χ0n) is 13.8. The summed E-state index contributed by atoms with van der Waals surface area (Å²) in [5.74, 6) is 0.201. The van der Waals surface area contributed by atoms with E-state index in [0.29, 0.717) is 0 Å². The van der Waals surface area contributed by atoms with E-state index in [9.17, 15) is 16.8 Å². The fraction of sp³-hybridized carbons (Fsp3) is 0.571. The van der Waals surface area contributed by atoms with Crippen molar-refractivity contribution in [3.8, 4) is 5.75 Å². The Hall–Kier alpha value is -1.57. The van der Waals surface area contributed by atoms with Gasteiger partial charge in [-0.3, -0.25) is 0 Å². The van der Waals surface area contributed by atoms with Crippen molar-refractivity contribution in [1.29, 1.82) is 0 Å². The molecule has 1 aliphatic rings. The third kappa shape index (κ3) is 7.90. The minimum Gasteiger partial charge on any atom is 0 e. The Morgan fingerprint density at radius 3 is 2.16 bits per heavy atom. The standard InChI is InChI=1S/C14H20F4N3OP.F2/c1-21(2)11-8-9-13(19-20-23(15,16,17)18)14(10-11)22-12-6-4-3-5-7-12;1-2/h8-10,12H,3-7H2,1-2H3;. The van der Waals surface area contributed by atoms with Crippen molar-refractivity contribution >= 4 is 19.4 Å². The fourth-order valence-electron chi connectivity index (χ4n) is 2.44. The average molecular weight is 391 g/mol. The molecule has 0 amide bonds. The van der Waals surface area contributed by atoms with E-state index in [4.69, 9.17) is 13.9 Å². The summed E-state index contributed by atoms with van der Waals surface area (Å²) in [4.78, 5) is 3.78. The molecule has 11 heteroatoms. The molecule has 0 aromatic heterocycles. The molecule has 0 unspecified atom stereocenters. The van der Waals surface area contributed by atoms with Crippen molar-refractivity contribution in [2.45, 2.75) is 38.2 Å². The van der Waals surface area contributed by atoms with Crippen LogP contribution in [-0.4, -0.2) is 20.2 Å². The summed E-state index contributed by atoms with van der Waals surface area (Å²) in [6.07, 6.45) is 4.82. The quantitative estimate of drug-likeness (QED) is 0.298. The Morgan fingerprint density at radius 2 is 1.64 bits per heavy atom. The van der Waals surface area contributed by atoms with Crippen LogP contribution in [0.5, 0.6) is 5.75 Å². The Morgan fingerprint density at radius 1 is 1.04 bits per heavy atom. The zero-order valence-corrected chi connectivity index (χ0v) is 14.7. The molecule has 25 heavy (non-hydrogen) atoms. The van der Waals surface area contributed by atoms with Gasteiger partial charge in [0.15, 0.2) is 0 Å². The molecule has 0 spiro atoms. The van der Waals surface area contributed by atoms with Gasteiger partial charge in [0.2, 0.25) is 0 Å². The molecule has 1 aromatic carbocycles. The first-order chi connectivity index (χ1) is 11.6. The van der Waals surface area contributed by atoms with Gasteiger partial charge in [0.05, 0.1) is 0 Å². The molecule has 1 fully saturated rings. The predicted molar refractivity (Wildman–Crippen MR) is 86.4 cm³/mol. The maximum atomic E-state index is 12.4. The van der Waals surface area contributed by atoms with Crippen molar-refractivity contribution in [2.24, 2.45) is 10.00 Å². The summed E-state index contributed by atoms with van der Waals surface area (Å²) in [5.41, 5.74) is 0.647. The minimum atomic E-state index is -8.02. The molecule has 1 aliphatic carbocycles. The van der Waals surface area contributed by atoms with Crippen LogP contribution in [0.25, 0.3) is 0 Å². The molecule has 144 valence electrons. The second-order valence-electron chi connectivity index (χ2n) is 5.80. The van der Waals surface area contributed by atoms with Crippen LogP contribution >= 0.6 is 8.00 Å². The van der Waals surface area contributed by atoms with Crippen LogP contribution in [0.1, 0.15) is 32.1 Å². The average Bonchev–Trinajstić information content (AvgIpc) is 2.55. The van der Waals surface area contributed by atoms with Gasteiger partial charge in [0.1, 0.15) is 0 Å². The van der Waals surface area contributed by atoms with Gasteiger partial charge in [0.25, 0.3) is 0 Å². The number of hydrogen-bond acceptors (Lipinski definition) is 4. The van der Waals surface area contributed by atoms with Crippen LogP contribution in [0, 0.1) is 0 Å². The van der Waals surface area contributed by atoms with Crippen molar-refractivity contribution in [3.63, 3.8) is 0 Å².